The van der Waals surface area contributed by atoms with E-state index < -0.39 is 29.9 Å². The van der Waals surface area contributed by atoms with Gasteiger partial charge in [0.2, 0.25) is 23.6 Å². The fraction of sp³-hybridized carbons (Fsp3) is 0.450. The van der Waals surface area contributed by atoms with Crippen LogP contribution in [0.25, 0.3) is 0 Å². The molecule has 1 fully saturated rings. The van der Waals surface area contributed by atoms with E-state index in [1.54, 1.807) is 41.4 Å². The lowest BCUT2D eigenvalue weighted by Crippen LogP contribution is -2.57. The summed E-state index contributed by atoms with van der Waals surface area (Å²) in [6.07, 6.45) is 4.60. The van der Waals surface area contributed by atoms with E-state index >= 15 is 0 Å². The predicted octanol–water partition coefficient (Wildman–Crippen LogP) is 4.70. The molecule has 1 aliphatic heterocycles. The highest BCUT2D eigenvalue weighted by atomic mass is 16.2. The maximum atomic E-state index is 14.0. The highest BCUT2D eigenvalue weighted by Gasteiger charge is 2.34. The van der Waals surface area contributed by atoms with Crippen molar-refractivity contribution >= 4 is 35.3 Å². The molecule has 3 aromatic rings. The fourth-order valence-corrected chi connectivity index (χ4v) is 5.97. The molecule has 2 aromatic carbocycles. The van der Waals surface area contributed by atoms with Crippen LogP contribution in [0.3, 0.4) is 0 Å². The van der Waals surface area contributed by atoms with Gasteiger partial charge in [0.1, 0.15) is 12.1 Å². The molecule has 3 atom stereocenters. The Balaban J connectivity index is 1.47. The number of rotatable bonds is 14. The Kier molecular flexibility index (Phi) is 14.3. The van der Waals surface area contributed by atoms with Gasteiger partial charge in [0.05, 0.1) is 24.3 Å². The zero-order chi connectivity index (χ0) is 37.7. The fourth-order valence-electron chi connectivity index (χ4n) is 5.97. The molecule has 12 heteroatoms. The molecule has 0 aliphatic carbocycles. The first kappa shape index (κ1) is 39.5. The Bertz CT molecular complexity index is 1620. The summed E-state index contributed by atoms with van der Waals surface area (Å²) < 4.78 is 0. The lowest BCUT2D eigenvalue weighted by atomic mass is 9.96. The molecule has 6 amide bonds. The summed E-state index contributed by atoms with van der Waals surface area (Å²) in [5.41, 5.74) is 2.37. The summed E-state index contributed by atoms with van der Waals surface area (Å²) in [7, 11) is 1.71. The summed E-state index contributed by atoms with van der Waals surface area (Å²) in [4.78, 5) is 74.9. The Hall–Kier alpha value is -5.26. The van der Waals surface area contributed by atoms with Crippen LogP contribution in [0, 0.1) is 11.3 Å². The van der Waals surface area contributed by atoms with E-state index in [-0.39, 0.29) is 35.6 Å². The largest absolute Gasteiger partial charge is 0.355 e. The zero-order valence-electron chi connectivity index (χ0n) is 30.9. The van der Waals surface area contributed by atoms with Crippen molar-refractivity contribution in [3.63, 3.8) is 0 Å². The zero-order valence-corrected chi connectivity index (χ0v) is 30.9. The van der Waals surface area contributed by atoms with E-state index in [1.165, 1.54) is 0 Å². The summed E-state index contributed by atoms with van der Waals surface area (Å²) >= 11 is 0. The quantitative estimate of drug-likeness (QED) is 0.190. The number of anilines is 1. The Morgan fingerprint density at radius 1 is 0.885 bits per heavy atom. The molecule has 1 aromatic heterocycles. The third kappa shape index (κ3) is 12.2. The predicted molar refractivity (Wildman–Crippen MR) is 201 cm³/mol. The van der Waals surface area contributed by atoms with Crippen LogP contribution in [0.2, 0.25) is 0 Å². The highest BCUT2D eigenvalue weighted by Crippen LogP contribution is 2.22. The van der Waals surface area contributed by atoms with E-state index in [4.69, 9.17) is 0 Å². The van der Waals surface area contributed by atoms with Crippen molar-refractivity contribution in [2.45, 2.75) is 77.9 Å². The Morgan fingerprint density at radius 2 is 1.54 bits per heavy atom. The van der Waals surface area contributed by atoms with Crippen molar-refractivity contribution in [1.82, 2.24) is 30.7 Å². The summed E-state index contributed by atoms with van der Waals surface area (Å²) in [6, 6.07) is 19.9. The van der Waals surface area contributed by atoms with Crippen LogP contribution in [0.4, 0.5) is 10.5 Å². The third-order valence-corrected chi connectivity index (χ3v) is 9.29. The number of carbonyl (C=O) groups excluding carboxylic acids is 5. The second-order valence-electron chi connectivity index (χ2n) is 14.7. The number of amides is 6. The van der Waals surface area contributed by atoms with Gasteiger partial charge in [-0.2, -0.15) is 0 Å². The van der Waals surface area contributed by atoms with Crippen LogP contribution >= 0.6 is 0 Å². The molecule has 2 heterocycles. The average Bonchev–Trinajstić information content (AvgIpc) is 3.15. The number of carbonyl (C=O) groups is 5. The van der Waals surface area contributed by atoms with Crippen molar-refractivity contribution < 1.29 is 24.0 Å². The Morgan fingerprint density at radius 3 is 2.15 bits per heavy atom. The summed E-state index contributed by atoms with van der Waals surface area (Å²) in [5, 5.41) is 11.4. The van der Waals surface area contributed by atoms with Crippen molar-refractivity contribution in [3.05, 3.63) is 96.3 Å². The molecule has 4 N–H and O–H groups in total. The van der Waals surface area contributed by atoms with Crippen LogP contribution in [-0.4, -0.2) is 83.2 Å². The third-order valence-electron chi connectivity index (χ3n) is 9.29. The second-order valence-corrected chi connectivity index (χ2v) is 14.7. The molecule has 0 saturated carbocycles. The molecule has 0 bridgehead atoms. The minimum Gasteiger partial charge on any atom is -0.355 e. The van der Waals surface area contributed by atoms with Crippen LogP contribution in [0.1, 0.15) is 70.5 Å². The van der Waals surface area contributed by atoms with Crippen LogP contribution in [0.5, 0.6) is 0 Å². The number of hydrogen-bond acceptors (Lipinski definition) is 6. The van der Waals surface area contributed by atoms with Crippen molar-refractivity contribution in [1.29, 1.82) is 0 Å². The number of benzene rings is 2. The van der Waals surface area contributed by atoms with E-state index in [0.29, 0.717) is 51.0 Å². The molecule has 1 saturated heterocycles. The highest BCUT2D eigenvalue weighted by molar-refractivity contribution is 5.95. The van der Waals surface area contributed by atoms with Crippen LogP contribution < -0.4 is 21.3 Å². The van der Waals surface area contributed by atoms with Gasteiger partial charge >= 0.3 is 6.03 Å². The number of likely N-dealkylation sites (tertiary alicyclic amines) is 1. The van der Waals surface area contributed by atoms with Crippen LogP contribution in [0.15, 0.2) is 85.2 Å². The van der Waals surface area contributed by atoms with Gasteiger partial charge in [-0.05, 0) is 61.3 Å². The monoisotopic (exact) mass is 711 g/mol. The number of urea groups is 1. The van der Waals surface area contributed by atoms with Gasteiger partial charge in [-0.3, -0.25) is 24.2 Å². The first-order valence-electron chi connectivity index (χ1n) is 18.0. The van der Waals surface area contributed by atoms with E-state index in [0.717, 1.165) is 11.1 Å². The van der Waals surface area contributed by atoms with Gasteiger partial charge in [-0.15, -0.1) is 0 Å². The molecular weight excluding hydrogens is 658 g/mol. The van der Waals surface area contributed by atoms with E-state index in [2.05, 4.69) is 26.3 Å². The first-order chi connectivity index (χ1) is 24.8. The van der Waals surface area contributed by atoms with E-state index in [1.807, 2.05) is 88.4 Å². The maximum absolute atomic E-state index is 14.0. The number of nitrogens with zero attached hydrogens (tertiary/aromatic N) is 3. The molecule has 278 valence electrons. The number of pyridine rings is 1. The number of likely N-dealkylation sites (N-methyl/N-ethyl adjacent to an activating group) is 1. The lowest BCUT2D eigenvalue weighted by molar-refractivity contribution is -0.138. The lowest BCUT2D eigenvalue weighted by Gasteiger charge is -2.33. The SMILES string of the molecule is C[C@@H](c1ccccc1)N(C)C(=O)[C@H](CCc1ccccc1)NC(=O)[C@H](CC(=O)NCC(C)(C)C)NC(=O)N1CCC(C(=O)Nc2cccnc2)CC1. The average molecular weight is 712 g/mol. The number of aryl methyl sites for hydroxylation is 1. The summed E-state index contributed by atoms with van der Waals surface area (Å²) in [6.45, 7) is 8.84. The Labute approximate surface area is 307 Å². The minimum atomic E-state index is -1.25. The molecule has 0 spiro atoms. The number of piperidine rings is 1. The van der Waals surface area contributed by atoms with Gasteiger partial charge in [0.25, 0.3) is 0 Å². The molecule has 12 nitrogen and oxygen atoms in total. The number of nitrogens with one attached hydrogen (secondary N) is 4. The smallest absolute Gasteiger partial charge is 0.318 e. The van der Waals surface area contributed by atoms with Crippen molar-refractivity contribution in [2.75, 3.05) is 32.0 Å². The minimum absolute atomic E-state index is 0.140. The number of aromatic nitrogens is 1. The summed E-state index contributed by atoms with van der Waals surface area (Å²) in [5.74, 6) is -1.74. The molecule has 1 aliphatic rings. The van der Waals surface area contributed by atoms with Gasteiger partial charge < -0.3 is 31.1 Å². The number of hydrogen-bond donors (Lipinski definition) is 4. The molecule has 0 unspecified atom stereocenters. The molecule has 52 heavy (non-hydrogen) atoms. The standard InChI is InChI=1S/C40H53N7O5/c1-28(30-15-10-7-11-16-30)46(5)38(51)33(19-18-29-13-8-6-9-14-29)44-37(50)34(25-35(48)42-27-40(2,3)4)45-39(52)47-23-20-31(21-24-47)36(49)43-32-17-12-22-41-26-32/h6-17,22,26,28,31,33-34H,18-21,23-25,27H2,1-5H3,(H,42,48)(H,43,49)(H,44,50)(H,45,52)/t28-,33-,34-/m0/s1. The van der Waals surface area contributed by atoms with E-state index in [9.17, 15) is 24.0 Å². The topological polar surface area (TPSA) is 153 Å². The van der Waals surface area contributed by atoms with Gasteiger partial charge in [0.15, 0.2) is 0 Å². The molecular formula is C40H53N7O5. The maximum Gasteiger partial charge on any atom is 0.318 e. The molecule has 0 radical (unpaired) electrons. The van der Waals surface area contributed by atoms with Gasteiger partial charge in [0, 0.05) is 38.8 Å². The van der Waals surface area contributed by atoms with Crippen LogP contribution in [-0.2, 0) is 25.6 Å². The second kappa shape index (κ2) is 18.8. The van der Waals surface area contributed by atoms with Gasteiger partial charge in [-0.1, -0.05) is 81.4 Å². The normalized spacial score (nSPS) is 15.1. The van der Waals surface area contributed by atoms with Crippen molar-refractivity contribution in [2.24, 2.45) is 11.3 Å². The van der Waals surface area contributed by atoms with Gasteiger partial charge in [-0.25, -0.2) is 4.79 Å². The molecule has 4 rings (SSSR count). The van der Waals surface area contributed by atoms with Crippen molar-refractivity contribution in [3.8, 4) is 0 Å². The first-order valence-corrected chi connectivity index (χ1v) is 18.0.